The van der Waals surface area contributed by atoms with Crippen molar-refractivity contribution in [1.82, 2.24) is 10.6 Å². The minimum absolute atomic E-state index is 0.113. The Morgan fingerprint density at radius 1 is 1.68 bits per heavy atom. The fraction of sp³-hybridized carbons (Fsp3) is 0.417. The van der Waals surface area contributed by atoms with Gasteiger partial charge in [0.1, 0.15) is 6.04 Å². The minimum atomic E-state index is -0.521. The van der Waals surface area contributed by atoms with Gasteiger partial charge in [-0.05, 0) is 31.2 Å². The summed E-state index contributed by atoms with van der Waals surface area (Å²) in [4.78, 5) is 24.2. The quantitative estimate of drug-likeness (QED) is 0.596. The molecule has 2 rings (SSSR count). The molecule has 0 radical (unpaired) electrons. The van der Waals surface area contributed by atoms with Crippen LogP contribution in [0.4, 0.5) is 0 Å². The molecule has 2 heterocycles. The number of amides is 2. The van der Waals surface area contributed by atoms with E-state index < -0.39 is 6.04 Å². The van der Waals surface area contributed by atoms with Crippen LogP contribution in [0.15, 0.2) is 6.07 Å². The fourth-order valence-corrected chi connectivity index (χ4v) is 3.34. The third-order valence-electron chi connectivity index (χ3n) is 3.18. The largest absolute Gasteiger partial charge is 0.349 e. The van der Waals surface area contributed by atoms with E-state index in [0.717, 1.165) is 17.5 Å². The molecule has 1 aromatic heterocycles. The molecule has 1 aromatic rings. The molecule has 0 spiro atoms. The molecule has 1 aliphatic heterocycles. The van der Waals surface area contributed by atoms with Crippen LogP contribution >= 0.6 is 11.3 Å². The Balaban J connectivity index is 1.87. The Morgan fingerprint density at radius 2 is 2.47 bits per heavy atom. The van der Waals surface area contributed by atoms with Gasteiger partial charge in [0.25, 0.3) is 6.71 Å². The molecule has 0 bridgehead atoms. The van der Waals surface area contributed by atoms with Crippen molar-refractivity contribution in [1.29, 1.82) is 5.26 Å². The van der Waals surface area contributed by atoms with E-state index in [1.807, 2.05) is 0 Å². The zero-order chi connectivity index (χ0) is 13.8. The topological polar surface area (TPSA) is 82.0 Å². The summed E-state index contributed by atoms with van der Waals surface area (Å²) in [5, 5.41) is 14.1. The monoisotopic (exact) mass is 275 g/mol. The Hall–Kier alpha value is -1.81. The van der Waals surface area contributed by atoms with Crippen molar-refractivity contribution in [3.63, 3.8) is 0 Å². The summed E-state index contributed by atoms with van der Waals surface area (Å²) in [7, 11) is 0. The first kappa shape index (κ1) is 13.6. The minimum Gasteiger partial charge on any atom is -0.349 e. The molecule has 0 fully saturated rings. The van der Waals surface area contributed by atoms with Gasteiger partial charge in [0.05, 0.1) is 6.54 Å². The number of nitrogens with one attached hydrogen (secondary N) is 2. The van der Waals surface area contributed by atoms with Gasteiger partial charge in [0.2, 0.25) is 12.3 Å². The summed E-state index contributed by atoms with van der Waals surface area (Å²) in [6.45, 7) is 2.22. The average Bonchev–Trinajstić information content (AvgIpc) is 2.93. The predicted octanol–water partition coefficient (Wildman–Crippen LogP) is 0.233. The lowest BCUT2D eigenvalue weighted by Gasteiger charge is -2.09. The molecule has 0 aromatic carbocycles. The van der Waals surface area contributed by atoms with Crippen molar-refractivity contribution in [3.8, 4) is 5.97 Å². The summed E-state index contributed by atoms with van der Waals surface area (Å²) >= 11 is 1.65. The standard InChI is InChI=1S/C12H14BN3O2S/c1-8(16-7-17)12(18)15-5-10-2-9-3-13(6-14)4-11(9)19-10/h2,7-8H,3-5H2,1H3,(H,15,18)(H,16,17). The number of fused-ring (bicyclic) bond motifs is 1. The Kier molecular flexibility index (Phi) is 4.22. The van der Waals surface area contributed by atoms with E-state index in [0.29, 0.717) is 13.0 Å². The van der Waals surface area contributed by atoms with Crippen LogP contribution in [0.25, 0.3) is 0 Å². The molecule has 0 saturated heterocycles. The van der Waals surface area contributed by atoms with Gasteiger partial charge < -0.3 is 10.6 Å². The van der Waals surface area contributed by atoms with Crippen molar-refractivity contribution in [2.45, 2.75) is 32.2 Å². The number of thiophene rings is 1. The summed E-state index contributed by atoms with van der Waals surface area (Å²) < 4.78 is 0. The third kappa shape index (κ3) is 3.15. The molecule has 98 valence electrons. The number of nitrogens with zero attached hydrogens (tertiary/aromatic N) is 1. The van der Waals surface area contributed by atoms with E-state index in [-0.39, 0.29) is 12.6 Å². The van der Waals surface area contributed by atoms with Crippen LogP contribution in [0.1, 0.15) is 22.2 Å². The normalized spacial score (nSPS) is 14.4. The lowest BCUT2D eigenvalue weighted by atomic mass is 9.49. The Labute approximate surface area is 116 Å². The fourth-order valence-electron chi connectivity index (χ4n) is 2.12. The van der Waals surface area contributed by atoms with Crippen LogP contribution < -0.4 is 10.6 Å². The number of hydrogen-bond acceptors (Lipinski definition) is 4. The number of rotatable bonds is 5. The van der Waals surface area contributed by atoms with Crippen LogP contribution in [0.5, 0.6) is 0 Å². The highest BCUT2D eigenvalue weighted by Crippen LogP contribution is 2.29. The summed E-state index contributed by atoms with van der Waals surface area (Å²) in [5.74, 6) is 2.09. The smallest absolute Gasteiger partial charge is 0.277 e. The first-order chi connectivity index (χ1) is 9.13. The van der Waals surface area contributed by atoms with E-state index in [2.05, 4.69) is 22.7 Å². The lowest BCUT2D eigenvalue weighted by Crippen LogP contribution is -2.41. The van der Waals surface area contributed by atoms with Crippen molar-refractivity contribution in [2.24, 2.45) is 0 Å². The van der Waals surface area contributed by atoms with Crippen molar-refractivity contribution in [3.05, 3.63) is 21.4 Å². The highest BCUT2D eigenvalue weighted by atomic mass is 32.1. The number of carbonyl (C=O) groups is 2. The van der Waals surface area contributed by atoms with Crippen LogP contribution in [-0.4, -0.2) is 25.1 Å². The number of hydrogen-bond donors (Lipinski definition) is 2. The lowest BCUT2D eigenvalue weighted by molar-refractivity contribution is -0.125. The highest BCUT2D eigenvalue weighted by Gasteiger charge is 2.27. The van der Waals surface area contributed by atoms with E-state index >= 15 is 0 Å². The van der Waals surface area contributed by atoms with Crippen LogP contribution in [0, 0.1) is 11.2 Å². The Bertz CT molecular complexity index is 514. The average molecular weight is 275 g/mol. The maximum atomic E-state index is 11.6. The zero-order valence-electron chi connectivity index (χ0n) is 10.6. The SMILES string of the molecule is CC(NC=O)C(=O)NCc1cc2c(s1)CB(C#N)C2. The number of carbonyl (C=O) groups excluding carboxylic acids is 2. The van der Waals surface area contributed by atoms with E-state index in [9.17, 15) is 9.59 Å². The molecular weight excluding hydrogens is 261 g/mol. The van der Waals surface area contributed by atoms with E-state index in [1.165, 1.54) is 10.4 Å². The molecule has 2 N–H and O–H groups in total. The van der Waals surface area contributed by atoms with Gasteiger partial charge in [0.15, 0.2) is 0 Å². The van der Waals surface area contributed by atoms with Gasteiger partial charge in [-0.15, -0.1) is 11.3 Å². The van der Waals surface area contributed by atoms with Crippen LogP contribution in [-0.2, 0) is 28.8 Å². The molecule has 0 aliphatic carbocycles. The summed E-state index contributed by atoms with van der Waals surface area (Å²) in [6.07, 6.45) is 2.17. The van der Waals surface area contributed by atoms with Gasteiger partial charge in [0, 0.05) is 15.7 Å². The molecule has 19 heavy (non-hydrogen) atoms. The molecule has 5 nitrogen and oxygen atoms in total. The first-order valence-electron chi connectivity index (χ1n) is 6.11. The van der Waals surface area contributed by atoms with Crippen LogP contribution in [0.3, 0.4) is 0 Å². The van der Waals surface area contributed by atoms with E-state index in [4.69, 9.17) is 5.26 Å². The second kappa shape index (κ2) is 5.89. The second-order valence-electron chi connectivity index (χ2n) is 4.62. The Morgan fingerprint density at radius 3 is 3.11 bits per heavy atom. The van der Waals surface area contributed by atoms with Crippen LogP contribution in [0.2, 0.25) is 0 Å². The molecule has 1 aliphatic rings. The van der Waals surface area contributed by atoms with E-state index in [1.54, 1.807) is 18.3 Å². The third-order valence-corrected chi connectivity index (χ3v) is 4.38. The van der Waals surface area contributed by atoms with Gasteiger partial charge >= 0.3 is 0 Å². The predicted molar refractivity (Wildman–Crippen MR) is 73.6 cm³/mol. The molecule has 2 amide bonds. The molecular formula is C12H14BN3O2S. The van der Waals surface area contributed by atoms with Gasteiger partial charge in [-0.3, -0.25) is 9.59 Å². The summed E-state index contributed by atoms with van der Waals surface area (Å²) in [6, 6.07) is 1.54. The van der Waals surface area contributed by atoms with Crippen molar-refractivity contribution >= 4 is 30.4 Å². The summed E-state index contributed by atoms with van der Waals surface area (Å²) in [5.41, 5.74) is 1.24. The van der Waals surface area contributed by atoms with Gasteiger partial charge in [-0.25, -0.2) is 5.26 Å². The number of nitriles is 1. The highest BCUT2D eigenvalue weighted by molar-refractivity contribution is 7.12. The molecule has 0 saturated carbocycles. The van der Waals surface area contributed by atoms with Gasteiger partial charge in [-0.2, -0.15) is 0 Å². The van der Waals surface area contributed by atoms with Gasteiger partial charge in [-0.1, -0.05) is 0 Å². The molecule has 7 heteroatoms. The van der Waals surface area contributed by atoms with Crippen molar-refractivity contribution in [2.75, 3.05) is 0 Å². The molecule has 1 unspecified atom stereocenters. The maximum absolute atomic E-state index is 11.6. The zero-order valence-corrected chi connectivity index (χ0v) is 11.4. The first-order valence-corrected chi connectivity index (χ1v) is 6.93. The van der Waals surface area contributed by atoms with Crippen molar-refractivity contribution < 1.29 is 9.59 Å². The maximum Gasteiger partial charge on any atom is 0.277 e. The molecule has 1 atom stereocenters. The second-order valence-corrected chi connectivity index (χ2v) is 5.84.